The largest absolute Gasteiger partial charge is 0.507 e. The van der Waals surface area contributed by atoms with Crippen LogP contribution in [0.1, 0.15) is 32.3 Å². The van der Waals surface area contributed by atoms with Crippen molar-refractivity contribution in [1.29, 1.82) is 0 Å². The second kappa shape index (κ2) is 8.67. The van der Waals surface area contributed by atoms with Gasteiger partial charge >= 0.3 is 6.15 Å². The molecule has 1 aliphatic carbocycles. The number of carbonyl (C=O) groups excluding carboxylic acids is 2. The zero-order valence-corrected chi connectivity index (χ0v) is 12.3. The molecule has 0 bridgehead atoms. The highest BCUT2D eigenvalue weighted by molar-refractivity contribution is 5.86. The highest BCUT2D eigenvalue weighted by atomic mass is 16.3. The molecule has 1 aliphatic rings. The van der Waals surface area contributed by atoms with Gasteiger partial charge in [-0.15, -0.1) is 0 Å². The number of aryl methyl sites for hydroxylation is 1. The lowest BCUT2D eigenvalue weighted by atomic mass is 9.99. The maximum Gasteiger partial charge on any atom is 0.373 e. The lowest BCUT2D eigenvalue weighted by Crippen LogP contribution is -2.00. The number of hydrogen-bond donors (Lipinski definition) is 1. The van der Waals surface area contributed by atoms with Gasteiger partial charge in [0.2, 0.25) is 0 Å². The van der Waals surface area contributed by atoms with E-state index >= 15 is 0 Å². The molecule has 0 aliphatic heterocycles. The van der Waals surface area contributed by atoms with E-state index in [0.29, 0.717) is 5.76 Å². The predicted molar refractivity (Wildman–Crippen MR) is 81.6 cm³/mol. The SMILES string of the molecule is CCc1ccccc1N=CC1=CCCC(C)=C1O.O=C=O. The Morgan fingerprint density at radius 3 is 2.67 bits per heavy atom. The van der Waals surface area contributed by atoms with Crippen molar-refractivity contribution >= 4 is 18.1 Å². The Hall–Kier alpha value is -2.45. The molecule has 0 aromatic heterocycles. The number of benzene rings is 1. The van der Waals surface area contributed by atoms with Crippen molar-refractivity contribution in [3.05, 3.63) is 52.8 Å². The van der Waals surface area contributed by atoms with Crippen molar-refractivity contribution in [2.75, 3.05) is 0 Å². The van der Waals surface area contributed by atoms with Gasteiger partial charge in [0, 0.05) is 11.8 Å². The van der Waals surface area contributed by atoms with Crippen LogP contribution in [0.4, 0.5) is 5.69 Å². The summed E-state index contributed by atoms with van der Waals surface area (Å²) < 4.78 is 0. The minimum absolute atomic E-state index is 0.250. The van der Waals surface area contributed by atoms with Crippen LogP contribution in [0, 0.1) is 0 Å². The second-order valence-electron chi connectivity index (χ2n) is 4.65. The van der Waals surface area contributed by atoms with Gasteiger partial charge in [0.15, 0.2) is 0 Å². The first-order chi connectivity index (χ1) is 10.1. The van der Waals surface area contributed by atoms with Crippen LogP contribution in [0.25, 0.3) is 0 Å². The molecule has 110 valence electrons. The summed E-state index contributed by atoms with van der Waals surface area (Å²) in [4.78, 5) is 20.7. The average Bonchev–Trinajstić information content (AvgIpc) is 2.50. The molecule has 0 saturated heterocycles. The lowest BCUT2D eigenvalue weighted by Gasteiger charge is -2.11. The summed E-state index contributed by atoms with van der Waals surface area (Å²) in [6.45, 7) is 4.09. The molecule has 0 atom stereocenters. The van der Waals surface area contributed by atoms with Crippen LogP contribution in [-0.2, 0) is 16.0 Å². The summed E-state index contributed by atoms with van der Waals surface area (Å²) >= 11 is 0. The molecule has 0 heterocycles. The Balaban J connectivity index is 0.000000677. The smallest absolute Gasteiger partial charge is 0.373 e. The van der Waals surface area contributed by atoms with Crippen molar-refractivity contribution in [2.24, 2.45) is 4.99 Å². The molecular formula is C17H19NO3. The fraction of sp³-hybridized carbons (Fsp3) is 0.294. The van der Waals surface area contributed by atoms with Crippen LogP contribution in [0.2, 0.25) is 0 Å². The van der Waals surface area contributed by atoms with Crippen molar-refractivity contribution in [2.45, 2.75) is 33.1 Å². The molecule has 0 saturated carbocycles. The monoisotopic (exact) mass is 285 g/mol. The molecule has 2 rings (SSSR count). The van der Waals surface area contributed by atoms with Gasteiger partial charge in [-0.3, -0.25) is 4.99 Å². The number of hydrogen-bond acceptors (Lipinski definition) is 4. The first kappa shape index (κ1) is 16.6. The van der Waals surface area contributed by atoms with E-state index in [0.717, 1.165) is 36.1 Å². The molecule has 21 heavy (non-hydrogen) atoms. The first-order valence-corrected chi connectivity index (χ1v) is 6.84. The van der Waals surface area contributed by atoms with Crippen LogP contribution in [0.3, 0.4) is 0 Å². The van der Waals surface area contributed by atoms with E-state index in [1.54, 1.807) is 6.21 Å². The fourth-order valence-electron chi connectivity index (χ4n) is 2.09. The fourth-order valence-corrected chi connectivity index (χ4v) is 2.09. The number of allylic oxidation sites excluding steroid dienone is 3. The van der Waals surface area contributed by atoms with Crippen molar-refractivity contribution in [3.63, 3.8) is 0 Å². The molecular weight excluding hydrogens is 266 g/mol. The summed E-state index contributed by atoms with van der Waals surface area (Å²) in [7, 11) is 0. The third-order valence-electron chi connectivity index (χ3n) is 3.28. The van der Waals surface area contributed by atoms with E-state index in [1.807, 2.05) is 31.2 Å². The van der Waals surface area contributed by atoms with Crippen LogP contribution in [0.15, 0.2) is 52.2 Å². The topological polar surface area (TPSA) is 66.7 Å². The maximum atomic E-state index is 9.96. The Kier molecular flexibility index (Phi) is 6.85. The van der Waals surface area contributed by atoms with Gasteiger partial charge in [-0.1, -0.05) is 31.2 Å². The Morgan fingerprint density at radius 2 is 2.00 bits per heavy atom. The van der Waals surface area contributed by atoms with Crippen molar-refractivity contribution in [3.8, 4) is 0 Å². The predicted octanol–water partition coefficient (Wildman–Crippen LogP) is 3.92. The van der Waals surface area contributed by atoms with Gasteiger partial charge in [-0.05, 0) is 43.4 Å². The van der Waals surface area contributed by atoms with E-state index < -0.39 is 0 Å². The van der Waals surface area contributed by atoms with E-state index in [9.17, 15) is 5.11 Å². The Bertz CT molecular complexity index is 606. The highest BCUT2D eigenvalue weighted by Gasteiger charge is 2.10. The van der Waals surface area contributed by atoms with Gasteiger partial charge in [0.25, 0.3) is 0 Å². The Morgan fingerprint density at radius 1 is 1.33 bits per heavy atom. The molecule has 1 aromatic carbocycles. The first-order valence-electron chi connectivity index (χ1n) is 6.84. The molecule has 0 unspecified atom stereocenters. The zero-order valence-electron chi connectivity index (χ0n) is 12.3. The quantitative estimate of drug-likeness (QED) is 0.856. The van der Waals surface area contributed by atoms with Crippen LogP contribution in [-0.4, -0.2) is 17.5 Å². The third-order valence-corrected chi connectivity index (χ3v) is 3.28. The van der Waals surface area contributed by atoms with Gasteiger partial charge < -0.3 is 5.11 Å². The van der Waals surface area contributed by atoms with Crippen LogP contribution >= 0.6 is 0 Å². The normalized spacial score (nSPS) is 14.3. The molecule has 1 N–H and O–H groups in total. The Labute approximate surface area is 124 Å². The minimum atomic E-state index is 0.250. The molecule has 0 radical (unpaired) electrons. The van der Waals surface area contributed by atoms with Gasteiger partial charge in [-0.2, -0.15) is 9.59 Å². The zero-order chi connectivity index (χ0) is 15.7. The van der Waals surface area contributed by atoms with Gasteiger partial charge in [-0.25, -0.2) is 0 Å². The summed E-state index contributed by atoms with van der Waals surface area (Å²) in [5.74, 6) is 0.388. The average molecular weight is 285 g/mol. The van der Waals surface area contributed by atoms with E-state index in [4.69, 9.17) is 9.59 Å². The number of aliphatic hydroxyl groups excluding tert-OH is 1. The number of aliphatic imine (C=N–C) groups is 1. The second-order valence-corrected chi connectivity index (χ2v) is 4.65. The minimum Gasteiger partial charge on any atom is -0.507 e. The van der Waals surface area contributed by atoms with Crippen molar-refractivity contribution < 1.29 is 14.7 Å². The van der Waals surface area contributed by atoms with Crippen LogP contribution in [0.5, 0.6) is 0 Å². The van der Waals surface area contributed by atoms with E-state index in [-0.39, 0.29) is 6.15 Å². The third kappa shape index (κ3) is 4.86. The van der Waals surface area contributed by atoms with E-state index in [1.165, 1.54) is 5.56 Å². The molecule has 0 spiro atoms. The molecule has 1 aromatic rings. The number of nitrogens with zero attached hydrogens (tertiary/aromatic N) is 1. The molecule has 0 fully saturated rings. The number of aliphatic hydroxyl groups is 1. The summed E-state index contributed by atoms with van der Waals surface area (Å²) in [5.41, 5.74) is 4.09. The lowest BCUT2D eigenvalue weighted by molar-refractivity contribution is -0.191. The molecule has 4 heteroatoms. The van der Waals surface area contributed by atoms with Gasteiger partial charge in [0.05, 0.1) is 5.69 Å². The molecule has 4 nitrogen and oxygen atoms in total. The maximum absolute atomic E-state index is 9.96. The van der Waals surface area contributed by atoms with E-state index in [2.05, 4.69) is 18.0 Å². The van der Waals surface area contributed by atoms with Gasteiger partial charge in [0.1, 0.15) is 5.76 Å². The summed E-state index contributed by atoms with van der Waals surface area (Å²) in [6, 6.07) is 8.11. The van der Waals surface area contributed by atoms with Crippen LogP contribution < -0.4 is 0 Å². The highest BCUT2D eigenvalue weighted by Crippen LogP contribution is 2.24. The number of rotatable bonds is 3. The number of para-hydroxylation sites is 1. The summed E-state index contributed by atoms with van der Waals surface area (Å²) in [5, 5.41) is 9.96. The summed E-state index contributed by atoms with van der Waals surface area (Å²) in [6.07, 6.45) is 6.95. The standard InChI is InChI=1S/C16H19NO.CO2/c1-3-13-8-4-5-10-15(13)17-11-14-9-6-7-12(2)16(14)18;2-1-3/h4-5,8-11,18H,3,6-7H2,1-2H3;. The van der Waals surface area contributed by atoms with Crippen molar-refractivity contribution in [1.82, 2.24) is 0 Å². The molecule has 0 amide bonds.